The summed E-state index contributed by atoms with van der Waals surface area (Å²) in [6, 6.07) is 16.3. The number of hydrogen-bond donors (Lipinski definition) is 1. The van der Waals surface area contributed by atoms with E-state index >= 15 is 0 Å². The lowest BCUT2D eigenvalue weighted by molar-refractivity contribution is 0.0950. The van der Waals surface area contributed by atoms with Crippen molar-refractivity contribution in [2.75, 3.05) is 0 Å². The van der Waals surface area contributed by atoms with Crippen LogP contribution >= 0.6 is 11.6 Å². The molecule has 0 aliphatic carbocycles. The van der Waals surface area contributed by atoms with Gasteiger partial charge in [0, 0.05) is 17.8 Å². The third kappa shape index (κ3) is 3.41. The van der Waals surface area contributed by atoms with Crippen molar-refractivity contribution in [3.8, 4) is 0 Å². The Bertz CT molecular complexity index is 1230. The van der Waals surface area contributed by atoms with Crippen LogP contribution in [-0.2, 0) is 6.54 Å². The average Bonchev–Trinajstić information content (AvgIpc) is 2.68. The number of carbonyl (C=O) groups excluding carboxylic acids is 1. The van der Waals surface area contributed by atoms with Gasteiger partial charge in [0.05, 0.1) is 16.5 Å². The number of amides is 1. The maximum Gasteiger partial charge on any atom is 0.265 e. The van der Waals surface area contributed by atoms with Crippen molar-refractivity contribution in [3.05, 3.63) is 92.9 Å². The number of rotatable bonds is 3. The van der Waals surface area contributed by atoms with E-state index in [4.69, 9.17) is 11.6 Å². The van der Waals surface area contributed by atoms with Crippen LogP contribution in [0.15, 0.2) is 65.6 Å². The lowest BCUT2D eigenvalue weighted by Crippen LogP contribution is -2.24. The molecular formula is C21H16ClN3O2. The molecule has 27 heavy (non-hydrogen) atoms. The Labute approximate surface area is 160 Å². The van der Waals surface area contributed by atoms with E-state index in [-0.39, 0.29) is 11.5 Å². The molecule has 0 saturated carbocycles. The summed E-state index contributed by atoms with van der Waals surface area (Å²) in [4.78, 5) is 29.7. The van der Waals surface area contributed by atoms with Crippen molar-refractivity contribution in [2.45, 2.75) is 13.5 Å². The minimum absolute atomic E-state index is 0.254. The summed E-state index contributed by atoms with van der Waals surface area (Å²) < 4.78 is 1.37. The lowest BCUT2D eigenvalue weighted by atomic mass is 10.1. The van der Waals surface area contributed by atoms with Crippen LogP contribution in [0.1, 0.15) is 21.5 Å². The SMILES string of the molecule is Cc1ccc(CNC(=O)c2ccc3nc4ccc(Cl)cc4c(=O)n3c2)cc1. The molecule has 6 heteroatoms. The van der Waals surface area contributed by atoms with Gasteiger partial charge in [-0.15, -0.1) is 0 Å². The molecule has 2 aromatic heterocycles. The number of aryl methyl sites for hydroxylation is 1. The van der Waals surface area contributed by atoms with Crippen molar-refractivity contribution in [3.63, 3.8) is 0 Å². The summed E-state index contributed by atoms with van der Waals surface area (Å²) in [5, 5.41) is 3.75. The zero-order chi connectivity index (χ0) is 19.0. The first-order valence-corrected chi connectivity index (χ1v) is 8.84. The van der Waals surface area contributed by atoms with Gasteiger partial charge in [-0.1, -0.05) is 41.4 Å². The van der Waals surface area contributed by atoms with Crippen LogP contribution < -0.4 is 10.9 Å². The molecule has 1 N–H and O–H groups in total. The fourth-order valence-electron chi connectivity index (χ4n) is 2.90. The number of halogens is 1. The highest BCUT2D eigenvalue weighted by Gasteiger charge is 2.10. The Morgan fingerprint density at radius 2 is 1.89 bits per heavy atom. The topological polar surface area (TPSA) is 63.5 Å². The minimum atomic E-state index is -0.259. The Balaban J connectivity index is 1.66. The second-order valence-electron chi connectivity index (χ2n) is 6.39. The Hall–Kier alpha value is -3.18. The first kappa shape index (κ1) is 17.2. The summed E-state index contributed by atoms with van der Waals surface area (Å²) in [6.07, 6.45) is 1.51. The lowest BCUT2D eigenvalue weighted by Gasteiger charge is -2.08. The average molecular weight is 378 g/mol. The van der Waals surface area contributed by atoms with Crippen LogP contribution in [0.5, 0.6) is 0 Å². The smallest absolute Gasteiger partial charge is 0.265 e. The van der Waals surface area contributed by atoms with Crippen LogP contribution in [0.3, 0.4) is 0 Å². The van der Waals surface area contributed by atoms with E-state index in [1.165, 1.54) is 16.2 Å². The summed E-state index contributed by atoms with van der Waals surface area (Å²) in [7, 11) is 0. The van der Waals surface area contributed by atoms with Gasteiger partial charge in [0.2, 0.25) is 0 Å². The third-order valence-corrected chi connectivity index (χ3v) is 4.64. The van der Waals surface area contributed by atoms with Crippen molar-refractivity contribution < 1.29 is 4.79 Å². The summed E-state index contributed by atoms with van der Waals surface area (Å²) >= 11 is 5.99. The van der Waals surface area contributed by atoms with E-state index in [2.05, 4.69) is 10.3 Å². The van der Waals surface area contributed by atoms with Crippen molar-refractivity contribution in [1.82, 2.24) is 14.7 Å². The highest BCUT2D eigenvalue weighted by molar-refractivity contribution is 6.31. The number of aromatic nitrogens is 2. The van der Waals surface area contributed by atoms with E-state index in [0.29, 0.717) is 33.7 Å². The van der Waals surface area contributed by atoms with Gasteiger partial charge in [-0.05, 0) is 42.8 Å². The monoisotopic (exact) mass is 377 g/mol. The normalized spacial score (nSPS) is 11.0. The van der Waals surface area contributed by atoms with Gasteiger partial charge in [-0.2, -0.15) is 0 Å². The van der Waals surface area contributed by atoms with Crippen molar-refractivity contribution in [1.29, 1.82) is 0 Å². The van der Waals surface area contributed by atoms with Gasteiger partial charge in [0.15, 0.2) is 0 Å². The maximum atomic E-state index is 12.8. The fraction of sp³-hybridized carbons (Fsp3) is 0.0952. The maximum absolute atomic E-state index is 12.8. The predicted octanol–water partition coefficient (Wildman–Crippen LogP) is 3.74. The molecule has 4 rings (SSSR count). The highest BCUT2D eigenvalue weighted by atomic mass is 35.5. The van der Waals surface area contributed by atoms with Gasteiger partial charge >= 0.3 is 0 Å². The second-order valence-corrected chi connectivity index (χ2v) is 6.83. The van der Waals surface area contributed by atoms with Crippen LogP contribution in [-0.4, -0.2) is 15.3 Å². The molecule has 0 spiro atoms. The largest absolute Gasteiger partial charge is 0.348 e. The second kappa shape index (κ2) is 6.85. The van der Waals surface area contributed by atoms with E-state index in [9.17, 15) is 9.59 Å². The van der Waals surface area contributed by atoms with E-state index < -0.39 is 0 Å². The van der Waals surface area contributed by atoms with Crippen LogP contribution in [0.2, 0.25) is 5.02 Å². The molecule has 0 unspecified atom stereocenters. The minimum Gasteiger partial charge on any atom is -0.348 e. The Morgan fingerprint density at radius 1 is 1.11 bits per heavy atom. The molecule has 0 aliphatic heterocycles. The Kier molecular flexibility index (Phi) is 4.38. The van der Waals surface area contributed by atoms with E-state index in [0.717, 1.165) is 5.56 Å². The number of benzene rings is 2. The molecule has 0 atom stereocenters. The molecule has 0 aliphatic rings. The number of nitrogens with one attached hydrogen (secondary N) is 1. The molecule has 2 heterocycles. The fourth-order valence-corrected chi connectivity index (χ4v) is 3.07. The highest BCUT2D eigenvalue weighted by Crippen LogP contribution is 2.16. The number of carbonyl (C=O) groups is 1. The van der Waals surface area contributed by atoms with Crippen molar-refractivity contribution >= 4 is 34.1 Å². The van der Waals surface area contributed by atoms with Crippen LogP contribution in [0.4, 0.5) is 0 Å². The first-order valence-electron chi connectivity index (χ1n) is 8.47. The molecule has 0 fully saturated rings. The third-order valence-electron chi connectivity index (χ3n) is 4.41. The Morgan fingerprint density at radius 3 is 2.67 bits per heavy atom. The van der Waals surface area contributed by atoms with Gasteiger partial charge in [-0.25, -0.2) is 4.98 Å². The summed E-state index contributed by atoms with van der Waals surface area (Å²) in [5.74, 6) is -0.254. The van der Waals surface area contributed by atoms with Gasteiger partial charge in [-0.3, -0.25) is 14.0 Å². The van der Waals surface area contributed by atoms with Gasteiger partial charge in [0.1, 0.15) is 5.65 Å². The van der Waals surface area contributed by atoms with Crippen molar-refractivity contribution in [2.24, 2.45) is 0 Å². The van der Waals surface area contributed by atoms with Crippen LogP contribution in [0, 0.1) is 6.92 Å². The number of fused-ring (bicyclic) bond motifs is 2. The standard InChI is InChI=1S/C21H16ClN3O2/c1-13-2-4-14(5-3-13)11-23-20(26)15-6-9-19-24-18-8-7-16(22)10-17(18)21(27)25(19)12-15/h2-10,12H,11H2,1H3,(H,23,26). The van der Waals surface area contributed by atoms with Crippen LogP contribution in [0.25, 0.3) is 16.6 Å². The zero-order valence-corrected chi connectivity index (χ0v) is 15.3. The molecule has 134 valence electrons. The molecule has 0 bridgehead atoms. The van der Waals surface area contributed by atoms with Gasteiger partial charge in [0.25, 0.3) is 11.5 Å². The molecule has 1 amide bonds. The molecule has 2 aromatic carbocycles. The molecule has 5 nitrogen and oxygen atoms in total. The van der Waals surface area contributed by atoms with Gasteiger partial charge < -0.3 is 5.32 Å². The molecule has 4 aromatic rings. The van der Waals surface area contributed by atoms with E-state index in [1.54, 1.807) is 30.3 Å². The number of hydrogen-bond acceptors (Lipinski definition) is 3. The first-order chi connectivity index (χ1) is 13.0. The molecular weight excluding hydrogens is 362 g/mol. The molecule has 0 saturated heterocycles. The zero-order valence-electron chi connectivity index (χ0n) is 14.6. The number of nitrogens with zero attached hydrogens (tertiary/aromatic N) is 2. The number of pyridine rings is 1. The summed E-state index contributed by atoms with van der Waals surface area (Å²) in [6.45, 7) is 2.43. The van der Waals surface area contributed by atoms with E-state index in [1.807, 2.05) is 31.2 Å². The predicted molar refractivity (Wildman–Crippen MR) is 106 cm³/mol. The summed E-state index contributed by atoms with van der Waals surface area (Å²) in [5.41, 5.74) is 3.35. The quantitative estimate of drug-likeness (QED) is 0.553. The molecule has 0 radical (unpaired) electrons.